The van der Waals surface area contributed by atoms with Crippen LogP contribution in [0.3, 0.4) is 0 Å². The van der Waals surface area contributed by atoms with Crippen LogP contribution in [0.15, 0.2) is 60.9 Å². The Bertz CT molecular complexity index is 1140. The van der Waals surface area contributed by atoms with Crippen LogP contribution in [0.1, 0.15) is 30.1 Å². The lowest BCUT2D eigenvalue weighted by Crippen LogP contribution is -2.34. The molecule has 0 aliphatic heterocycles. The smallest absolute Gasteiger partial charge is 0.260 e. The third kappa shape index (κ3) is 5.06. The normalized spacial score (nSPS) is 11.0. The first kappa shape index (κ1) is 21.3. The number of hydrogen-bond acceptors (Lipinski definition) is 5. The number of para-hydroxylation sites is 1. The molecule has 0 N–H and O–H groups in total. The van der Waals surface area contributed by atoms with E-state index in [-0.39, 0.29) is 5.91 Å². The van der Waals surface area contributed by atoms with Crippen LogP contribution in [0.2, 0.25) is 5.02 Å². The molecule has 0 saturated heterocycles. The summed E-state index contributed by atoms with van der Waals surface area (Å²) in [7, 11) is 0. The summed E-state index contributed by atoms with van der Waals surface area (Å²) in [6, 6.07) is 14.8. The molecule has 0 spiro atoms. The molecule has 0 radical (unpaired) electrons. The average Bonchev–Trinajstić information content (AvgIpc) is 3.45. The molecule has 0 aliphatic carbocycles. The molecule has 8 heteroatoms. The fraction of sp³-hybridized carbons (Fsp3) is 0.261. The molecule has 0 aliphatic rings. The standard InChI is InChI=1S/C23H23ClN4O2S/c1-2-3-16-30-18-10-8-17(9-11-18)22(29)28(15-14-27-13-5-12-25-27)23-26-21-19(24)6-4-7-20(21)31-23/h4-13H,2-3,14-16H2,1H3. The number of fused-ring (bicyclic) bond motifs is 1. The van der Waals surface area contributed by atoms with E-state index >= 15 is 0 Å². The third-order valence-corrected chi connectivity index (χ3v) is 6.16. The van der Waals surface area contributed by atoms with Gasteiger partial charge in [-0.1, -0.05) is 42.3 Å². The predicted octanol–water partition coefficient (Wildman–Crippen LogP) is 5.67. The van der Waals surface area contributed by atoms with E-state index in [1.165, 1.54) is 11.3 Å². The summed E-state index contributed by atoms with van der Waals surface area (Å²) >= 11 is 7.76. The Morgan fingerprint density at radius 1 is 1.19 bits per heavy atom. The van der Waals surface area contributed by atoms with Gasteiger partial charge in [0.05, 0.1) is 22.9 Å². The van der Waals surface area contributed by atoms with Crippen LogP contribution >= 0.6 is 22.9 Å². The minimum absolute atomic E-state index is 0.123. The SMILES string of the molecule is CCCCOc1ccc(C(=O)N(CCn2cccn2)c2nc3c(Cl)cccc3s2)cc1. The maximum absolute atomic E-state index is 13.4. The van der Waals surface area contributed by atoms with Gasteiger partial charge in [-0.3, -0.25) is 14.4 Å². The first-order valence-electron chi connectivity index (χ1n) is 10.2. The van der Waals surface area contributed by atoms with Crippen molar-refractivity contribution in [1.82, 2.24) is 14.8 Å². The van der Waals surface area contributed by atoms with Crippen molar-refractivity contribution < 1.29 is 9.53 Å². The van der Waals surface area contributed by atoms with Gasteiger partial charge in [-0.25, -0.2) is 4.98 Å². The Labute approximate surface area is 190 Å². The van der Waals surface area contributed by atoms with Gasteiger partial charge < -0.3 is 4.74 Å². The van der Waals surface area contributed by atoms with Gasteiger partial charge in [0.25, 0.3) is 5.91 Å². The van der Waals surface area contributed by atoms with Crippen LogP contribution < -0.4 is 9.64 Å². The van der Waals surface area contributed by atoms with Gasteiger partial charge in [0.2, 0.25) is 0 Å². The maximum Gasteiger partial charge on any atom is 0.260 e. The number of halogens is 1. The Balaban J connectivity index is 1.59. The topological polar surface area (TPSA) is 60.2 Å². The number of nitrogens with zero attached hydrogens (tertiary/aromatic N) is 4. The Hall–Kier alpha value is -2.90. The van der Waals surface area contributed by atoms with Crippen molar-refractivity contribution in [3.05, 3.63) is 71.5 Å². The van der Waals surface area contributed by atoms with Gasteiger partial charge in [0, 0.05) is 24.5 Å². The van der Waals surface area contributed by atoms with Crippen molar-refractivity contribution in [2.75, 3.05) is 18.1 Å². The second-order valence-corrected chi connectivity index (χ2v) is 8.45. The van der Waals surface area contributed by atoms with E-state index in [1.807, 2.05) is 36.5 Å². The molecule has 160 valence electrons. The molecule has 2 aromatic heterocycles. The van der Waals surface area contributed by atoms with Gasteiger partial charge in [-0.05, 0) is 48.9 Å². The summed E-state index contributed by atoms with van der Waals surface area (Å²) < 4.78 is 8.45. The van der Waals surface area contributed by atoms with Gasteiger partial charge >= 0.3 is 0 Å². The van der Waals surface area contributed by atoms with Crippen molar-refractivity contribution in [3.8, 4) is 5.75 Å². The van der Waals surface area contributed by atoms with E-state index < -0.39 is 0 Å². The van der Waals surface area contributed by atoms with Crippen molar-refractivity contribution in [1.29, 1.82) is 0 Å². The number of benzene rings is 2. The lowest BCUT2D eigenvalue weighted by atomic mass is 10.2. The molecule has 4 rings (SSSR count). The molecule has 0 saturated carbocycles. The van der Waals surface area contributed by atoms with Gasteiger partial charge in [0.15, 0.2) is 5.13 Å². The number of amides is 1. The van der Waals surface area contributed by atoms with E-state index in [0.717, 1.165) is 23.3 Å². The van der Waals surface area contributed by atoms with E-state index in [1.54, 1.807) is 34.0 Å². The molecule has 0 fully saturated rings. The van der Waals surface area contributed by atoms with Gasteiger partial charge in [-0.2, -0.15) is 5.10 Å². The van der Waals surface area contributed by atoms with Crippen molar-refractivity contribution in [3.63, 3.8) is 0 Å². The fourth-order valence-corrected chi connectivity index (χ4v) is 4.41. The maximum atomic E-state index is 13.4. The number of aromatic nitrogens is 3. The summed E-state index contributed by atoms with van der Waals surface area (Å²) in [6.07, 6.45) is 5.68. The average molecular weight is 455 g/mol. The van der Waals surface area contributed by atoms with E-state index in [0.29, 0.717) is 40.9 Å². The van der Waals surface area contributed by atoms with Crippen LogP contribution in [0.4, 0.5) is 5.13 Å². The summed E-state index contributed by atoms with van der Waals surface area (Å²) in [4.78, 5) is 19.8. The molecule has 31 heavy (non-hydrogen) atoms. The Morgan fingerprint density at radius 3 is 2.74 bits per heavy atom. The molecule has 4 aromatic rings. The largest absolute Gasteiger partial charge is 0.494 e. The van der Waals surface area contributed by atoms with Crippen molar-refractivity contribution >= 4 is 44.2 Å². The zero-order valence-corrected chi connectivity index (χ0v) is 18.8. The lowest BCUT2D eigenvalue weighted by Gasteiger charge is -2.20. The van der Waals surface area contributed by atoms with E-state index in [2.05, 4.69) is 17.0 Å². The molecule has 2 aromatic carbocycles. The van der Waals surface area contributed by atoms with Gasteiger partial charge in [0.1, 0.15) is 11.3 Å². The number of hydrogen-bond donors (Lipinski definition) is 0. The Kier molecular flexibility index (Phi) is 6.84. The van der Waals surface area contributed by atoms with E-state index in [9.17, 15) is 4.79 Å². The highest BCUT2D eigenvalue weighted by molar-refractivity contribution is 7.22. The number of rotatable bonds is 9. The zero-order valence-electron chi connectivity index (χ0n) is 17.2. The molecule has 0 bridgehead atoms. The molecule has 0 unspecified atom stereocenters. The van der Waals surface area contributed by atoms with Crippen LogP contribution in [0.5, 0.6) is 5.75 Å². The third-order valence-electron chi connectivity index (χ3n) is 4.81. The van der Waals surface area contributed by atoms with Crippen LogP contribution in [0, 0.1) is 0 Å². The predicted molar refractivity (Wildman–Crippen MR) is 125 cm³/mol. The van der Waals surface area contributed by atoms with Gasteiger partial charge in [-0.15, -0.1) is 0 Å². The first-order valence-corrected chi connectivity index (χ1v) is 11.4. The Morgan fingerprint density at radius 2 is 2.03 bits per heavy atom. The molecule has 6 nitrogen and oxygen atoms in total. The number of unbranched alkanes of at least 4 members (excludes halogenated alkanes) is 1. The fourth-order valence-electron chi connectivity index (χ4n) is 3.12. The number of carbonyl (C=O) groups is 1. The summed E-state index contributed by atoms with van der Waals surface area (Å²) in [6.45, 7) is 3.79. The lowest BCUT2D eigenvalue weighted by molar-refractivity contribution is 0.0985. The number of ether oxygens (including phenoxy) is 1. The quantitative estimate of drug-likeness (QED) is 0.305. The highest BCUT2D eigenvalue weighted by Gasteiger charge is 2.22. The van der Waals surface area contributed by atoms with Crippen LogP contribution in [0.25, 0.3) is 10.2 Å². The highest BCUT2D eigenvalue weighted by atomic mass is 35.5. The molecule has 2 heterocycles. The number of thiazole rings is 1. The minimum atomic E-state index is -0.123. The molecule has 1 amide bonds. The summed E-state index contributed by atoms with van der Waals surface area (Å²) in [5, 5.41) is 5.43. The first-order chi connectivity index (χ1) is 15.2. The van der Waals surface area contributed by atoms with E-state index in [4.69, 9.17) is 16.3 Å². The van der Waals surface area contributed by atoms with Crippen LogP contribution in [-0.4, -0.2) is 33.8 Å². The highest BCUT2D eigenvalue weighted by Crippen LogP contribution is 2.33. The number of anilines is 1. The second-order valence-electron chi connectivity index (χ2n) is 7.04. The number of carbonyl (C=O) groups excluding carboxylic acids is 1. The monoisotopic (exact) mass is 454 g/mol. The minimum Gasteiger partial charge on any atom is -0.494 e. The molecular weight excluding hydrogens is 432 g/mol. The summed E-state index contributed by atoms with van der Waals surface area (Å²) in [5.74, 6) is 0.641. The molecule has 0 atom stereocenters. The van der Waals surface area contributed by atoms with Crippen molar-refractivity contribution in [2.45, 2.75) is 26.3 Å². The van der Waals surface area contributed by atoms with Crippen LogP contribution in [-0.2, 0) is 6.54 Å². The van der Waals surface area contributed by atoms with Crippen molar-refractivity contribution in [2.24, 2.45) is 0 Å². The zero-order chi connectivity index (χ0) is 21.6. The summed E-state index contributed by atoms with van der Waals surface area (Å²) in [5.41, 5.74) is 1.29. The second kappa shape index (κ2) is 9.94. The molecular formula is C23H23ClN4O2S.